The van der Waals surface area contributed by atoms with Crippen molar-refractivity contribution in [3.05, 3.63) is 45.8 Å². The summed E-state index contributed by atoms with van der Waals surface area (Å²) in [5.41, 5.74) is 0.678. The molecule has 0 fully saturated rings. The summed E-state index contributed by atoms with van der Waals surface area (Å²) in [4.78, 5) is 7.78. The molecule has 1 N–H and O–H groups in total. The lowest BCUT2D eigenvalue weighted by Crippen LogP contribution is -2.15. The topological polar surface area (TPSA) is 72.0 Å². The lowest BCUT2D eigenvalue weighted by atomic mass is 10.4. The van der Waals surface area contributed by atoms with Gasteiger partial charge in [0.1, 0.15) is 10.7 Å². The van der Waals surface area contributed by atoms with Crippen LogP contribution in [0.5, 0.6) is 0 Å². The van der Waals surface area contributed by atoms with Gasteiger partial charge < -0.3 is 0 Å². The van der Waals surface area contributed by atoms with Crippen molar-refractivity contribution in [2.45, 2.75) is 11.8 Å². The molecule has 5 nitrogen and oxygen atoms in total. The number of hydrogen-bond acceptors (Lipinski definition) is 4. The Bertz CT molecular complexity index is 722. The molecular weight excluding hydrogens is 354 g/mol. The second-order valence-electron chi connectivity index (χ2n) is 3.68. The molecule has 8 heteroatoms. The Hall–Kier alpha value is -1.18. The number of anilines is 1. The normalized spacial score (nSPS) is 11.3. The van der Waals surface area contributed by atoms with Gasteiger partial charge in [0.25, 0.3) is 10.0 Å². The number of aryl methyl sites for hydroxylation is 1. The molecule has 0 atom stereocenters. The smallest absolute Gasteiger partial charge is 0.263 e. The number of nitrogens with one attached hydrogen (secondary N) is 1. The molecule has 0 saturated heterocycles. The number of pyridine rings is 2. The van der Waals surface area contributed by atoms with Gasteiger partial charge in [-0.1, -0.05) is 11.6 Å². The zero-order valence-corrected chi connectivity index (χ0v) is 12.9. The number of sulfonamides is 1. The van der Waals surface area contributed by atoms with Gasteiger partial charge in [-0.2, -0.15) is 0 Å². The van der Waals surface area contributed by atoms with E-state index < -0.39 is 10.0 Å². The van der Waals surface area contributed by atoms with E-state index in [1.54, 1.807) is 19.1 Å². The van der Waals surface area contributed by atoms with Gasteiger partial charge in [-0.15, -0.1) is 0 Å². The monoisotopic (exact) mass is 361 g/mol. The van der Waals surface area contributed by atoms with E-state index in [4.69, 9.17) is 11.6 Å². The number of aromatic nitrogens is 2. The van der Waals surface area contributed by atoms with E-state index in [9.17, 15) is 8.42 Å². The summed E-state index contributed by atoms with van der Waals surface area (Å²) in [6, 6.07) is 4.68. The van der Waals surface area contributed by atoms with Crippen molar-refractivity contribution in [2.24, 2.45) is 0 Å². The first kappa shape index (κ1) is 14.2. The fraction of sp³-hybridized carbons (Fsp3) is 0.0909. The van der Waals surface area contributed by atoms with Crippen LogP contribution in [0, 0.1) is 6.92 Å². The lowest BCUT2D eigenvalue weighted by molar-refractivity contribution is 0.600. The third kappa shape index (κ3) is 3.23. The highest BCUT2D eigenvalue weighted by Crippen LogP contribution is 2.23. The van der Waals surface area contributed by atoms with Crippen LogP contribution in [0.15, 0.2) is 40.0 Å². The largest absolute Gasteiger partial charge is 0.266 e. The van der Waals surface area contributed by atoms with Crippen molar-refractivity contribution in [3.63, 3.8) is 0 Å². The number of nitrogens with zero attached hydrogens (tertiary/aromatic N) is 2. The lowest BCUT2D eigenvalue weighted by Gasteiger charge is -2.09. The highest BCUT2D eigenvalue weighted by molar-refractivity contribution is 9.10. The van der Waals surface area contributed by atoms with E-state index in [0.717, 1.165) is 4.47 Å². The molecule has 0 aliphatic carbocycles. The molecule has 100 valence electrons. The SMILES string of the molecule is Cc1nc(NS(=O)(=O)c2cnccc2Cl)ccc1Br. The zero-order valence-electron chi connectivity index (χ0n) is 9.76. The highest BCUT2D eigenvalue weighted by Gasteiger charge is 2.18. The Kier molecular flexibility index (Phi) is 4.07. The van der Waals surface area contributed by atoms with Gasteiger partial charge >= 0.3 is 0 Å². The maximum Gasteiger partial charge on any atom is 0.266 e. The molecule has 0 radical (unpaired) electrons. The minimum absolute atomic E-state index is 0.0842. The van der Waals surface area contributed by atoms with Gasteiger partial charge in [0.15, 0.2) is 0 Å². The standard InChI is InChI=1S/C11H9BrClN3O2S/c1-7-8(12)2-3-11(15-7)16-19(17,18)10-6-14-5-4-9(10)13/h2-6H,1H3,(H,15,16). The summed E-state index contributed by atoms with van der Waals surface area (Å²) in [6.07, 6.45) is 2.61. The molecule has 2 heterocycles. The molecule has 2 aromatic rings. The fourth-order valence-corrected chi connectivity index (χ4v) is 3.01. The van der Waals surface area contributed by atoms with Crippen LogP contribution >= 0.6 is 27.5 Å². The predicted octanol–water partition coefficient (Wildman–Crippen LogP) is 3.00. The first-order valence-corrected chi connectivity index (χ1v) is 7.81. The van der Waals surface area contributed by atoms with Crippen LogP contribution in [0.4, 0.5) is 5.82 Å². The highest BCUT2D eigenvalue weighted by atomic mass is 79.9. The third-order valence-corrected chi connectivity index (χ3v) is 4.95. The van der Waals surface area contributed by atoms with E-state index in [1.165, 1.54) is 18.5 Å². The third-order valence-electron chi connectivity index (χ3n) is 2.28. The van der Waals surface area contributed by atoms with E-state index in [0.29, 0.717) is 5.69 Å². The minimum atomic E-state index is -3.80. The molecule has 2 aromatic heterocycles. The van der Waals surface area contributed by atoms with Gasteiger partial charge in [-0.05, 0) is 41.1 Å². The van der Waals surface area contributed by atoms with Crippen LogP contribution in [0.2, 0.25) is 5.02 Å². The van der Waals surface area contributed by atoms with Crippen LogP contribution in [0.1, 0.15) is 5.69 Å². The number of halogens is 2. The maximum absolute atomic E-state index is 12.1. The summed E-state index contributed by atoms with van der Waals surface area (Å²) < 4.78 is 27.4. The van der Waals surface area contributed by atoms with Crippen molar-refractivity contribution in [1.29, 1.82) is 0 Å². The van der Waals surface area contributed by atoms with Gasteiger partial charge in [0.2, 0.25) is 0 Å². The Labute approximate surface area is 124 Å². The van der Waals surface area contributed by atoms with Crippen LogP contribution in [0.3, 0.4) is 0 Å². The van der Waals surface area contributed by atoms with Crippen molar-refractivity contribution in [3.8, 4) is 0 Å². The Morgan fingerprint density at radius 1 is 1.32 bits per heavy atom. The Morgan fingerprint density at radius 3 is 2.68 bits per heavy atom. The molecule has 2 rings (SSSR count). The number of rotatable bonds is 3. The quantitative estimate of drug-likeness (QED) is 0.911. The van der Waals surface area contributed by atoms with Crippen molar-refractivity contribution in [1.82, 2.24) is 9.97 Å². The summed E-state index contributed by atoms with van der Waals surface area (Å²) in [5.74, 6) is 0.223. The average Bonchev–Trinajstić information content (AvgIpc) is 2.34. The molecule has 0 bridgehead atoms. The van der Waals surface area contributed by atoms with Gasteiger partial charge in [0.05, 0.1) is 10.7 Å². The van der Waals surface area contributed by atoms with Crippen LogP contribution in [0.25, 0.3) is 0 Å². The van der Waals surface area contributed by atoms with Crippen LogP contribution in [-0.4, -0.2) is 18.4 Å². The predicted molar refractivity (Wildman–Crippen MR) is 76.7 cm³/mol. The van der Waals surface area contributed by atoms with E-state index in [-0.39, 0.29) is 15.7 Å². The second kappa shape index (κ2) is 5.44. The van der Waals surface area contributed by atoms with E-state index >= 15 is 0 Å². The molecule has 0 aliphatic heterocycles. The summed E-state index contributed by atoms with van der Waals surface area (Å²) in [6.45, 7) is 1.76. The molecule has 0 saturated carbocycles. The molecule has 19 heavy (non-hydrogen) atoms. The maximum atomic E-state index is 12.1. The Balaban J connectivity index is 2.37. The second-order valence-corrected chi connectivity index (χ2v) is 6.59. The minimum Gasteiger partial charge on any atom is -0.263 e. The van der Waals surface area contributed by atoms with Crippen LogP contribution in [-0.2, 0) is 10.0 Å². The molecular formula is C11H9BrClN3O2S. The molecule has 0 spiro atoms. The van der Waals surface area contributed by atoms with Gasteiger partial charge in [-0.25, -0.2) is 13.4 Å². The summed E-state index contributed by atoms with van der Waals surface area (Å²) in [5, 5.41) is 0.108. The van der Waals surface area contributed by atoms with Crippen molar-refractivity contribution in [2.75, 3.05) is 4.72 Å². The number of hydrogen-bond donors (Lipinski definition) is 1. The summed E-state index contributed by atoms with van der Waals surface area (Å²) >= 11 is 9.14. The van der Waals surface area contributed by atoms with Gasteiger partial charge in [-0.3, -0.25) is 9.71 Å². The van der Waals surface area contributed by atoms with E-state index in [2.05, 4.69) is 30.6 Å². The van der Waals surface area contributed by atoms with Crippen molar-refractivity contribution < 1.29 is 8.42 Å². The molecule has 0 amide bonds. The molecule has 0 aromatic carbocycles. The first-order chi connectivity index (χ1) is 8.90. The van der Waals surface area contributed by atoms with Gasteiger partial charge in [0, 0.05) is 16.9 Å². The Morgan fingerprint density at radius 2 is 2.05 bits per heavy atom. The average molecular weight is 363 g/mol. The van der Waals surface area contributed by atoms with Crippen LogP contribution < -0.4 is 4.72 Å². The first-order valence-electron chi connectivity index (χ1n) is 5.15. The molecule has 0 unspecified atom stereocenters. The van der Waals surface area contributed by atoms with E-state index in [1.807, 2.05) is 0 Å². The summed E-state index contributed by atoms with van der Waals surface area (Å²) in [7, 11) is -3.80. The zero-order chi connectivity index (χ0) is 14.0. The van der Waals surface area contributed by atoms with Crippen molar-refractivity contribution >= 4 is 43.4 Å². The fourth-order valence-electron chi connectivity index (χ4n) is 1.35. The molecule has 0 aliphatic rings.